The highest BCUT2D eigenvalue weighted by molar-refractivity contribution is 5.89. The highest BCUT2D eigenvalue weighted by atomic mass is 16.2. The first-order valence-electron chi connectivity index (χ1n) is 6.35. The maximum atomic E-state index is 12.1. The molecule has 98 valence electrons. The van der Waals surface area contributed by atoms with Crippen molar-refractivity contribution in [2.24, 2.45) is 11.1 Å². The Morgan fingerprint density at radius 3 is 2.67 bits per heavy atom. The van der Waals surface area contributed by atoms with Crippen LogP contribution in [0, 0.1) is 5.41 Å². The lowest BCUT2D eigenvalue weighted by Gasteiger charge is -2.42. The van der Waals surface area contributed by atoms with Gasteiger partial charge in [-0.05, 0) is 24.0 Å². The number of nitrogens with one attached hydrogen (secondary N) is 1. The predicted octanol–water partition coefficient (Wildman–Crippen LogP) is 2.28. The SMILES string of the molecule is CC1(C)CN(C(=O)Nc2ccccc2)CCC1N. The molecular weight excluding hydrogens is 226 g/mol. The monoisotopic (exact) mass is 247 g/mol. The van der Waals surface area contributed by atoms with Crippen molar-refractivity contribution in [2.45, 2.75) is 26.3 Å². The Morgan fingerprint density at radius 2 is 2.06 bits per heavy atom. The van der Waals surface area contributed by atoms with Crippen LogP contribution < -0.4 is 11.1 Å². The maximum Gasteiger partial charge on any atom is 0.321 e. The van der Waals surface area contributed by atoms with E-state index in [9.17, 15) is 4.79 Å². The lowest BCUT2D eigenvalue weighted by Crippen LogP contribution is -2.54. The summed E-state index contributed by atoms with van der Waals surface area (Å²) in [5.41, 5.74) is 6.88. The van der Waals surface area contributed by atoms with Gasteiger partial charge in [-0.15, -0.1) is 0 Å². The van der Waals surface area contributed by atoms with E-state index < -0.39 is 0 Å². The summed E-state index contributed by atoms with van der Waals surface area (Å²) in [6, 6.07) is 9.65. The zero-order chi connectivity index (χ0) is 13.2. The number of anilines is 1. The highest BCUT2D eigenvalue weighted by Gasteiger charge is 2.35. The third-order valence-corrected chi connectivity index (χ3v) is 3.62. The van der Waals surface area contributed by atoms with Gasteiger partial charge in [0.15, 0.2) is 0 Å². The topological polar surface area (TPSA) is 58.4 Å². The smallest absolute Gasteiger partial charge is 0.321 e. The Bertz CT molecular complexity index is 416. The van der Waals surface area contributed by atoms with E-state index in [0.717, 1.165) is 18.7 Å². The van der Waals surface area contributed by atoms with Gasteiger partial charge in [0.05, 0.1) is 0 Å². The van der Waals surface area contributed by atoms with Crippen LogP contribution >= 0.6 is 0 Å². The maximum absolute atomic E-state index is 12.1. The first-order valence-corrected chi connectivity index (χ1v) is 6.35. The number of para-hydroxylation sites is 1. The van der Waals surface area contributed by atoms with Crippen LogP contribution in [0.2, 0.25) is 0 Å². The zero-order valence-electron chi connectivity index (χ0n) is 11.0. The summed E-state index contributed by atoms with van der Waals surface area (Å²) < 4.78 is 0. The van der Waals surface area contributed by atoms with Gasteiger partial charge in [0, 0.05) is 24.8 Å². The summed E-state index contributed by atoms with van der Waals surface area (Å²) in [6.07, 6.45) is 0.856. The Morgan fingerprint density at radius 1 is 1.39 bits per heavy atom. The summed E-state index contributed by atoms with van der Waals surface area (Å²) in [6.45, 7) is 5.65. The second kappa shape index (κ2) is 4.98. The first-order chi connectivity index (χ1) is 8.49. The third kappa shape index (κ3) is 2.82. The number of likely N-dealkylation sites (tertiary alicyclic amines) is 1. The standard InChI is InChI=1S/C14H21N3O/c1-14(2)10-17(9-8-12(14)15)13(18)16-11-6-4-3-5-7-11/h3-7,12H,8-10,15H2,1-2H3,(H,16,18). The average molecular weight is 247 g/mol. The van der Waals surface area contributed by atoms with Crippen molar-refractivity contribution >= 4 is 11.7 Å². The molecular formula is C14H21N3O. The summed E-state index contributed by atoms with van der Waals surface area (Å²) in [5.74, 6) is 0. The normalized spacial score (nSPS) is 22.6. The molecule has 2 rings (SSSR count). The van der Waals surface area contributed by atoms with E-state index in [1.165, 1.54) is 0 Å². The molecule has 1 atom stereocenters. The number of carbonyl (C=O) groups is 1. The average Bonchev–Trinajstić information content (AvgIpc) is 2.34. The number of carbonyl (C=O) groups excluding carboxylic acids is 1. The van der Waals surface area contributed by atoms with E-state index >= 15 is 0 Å². The minimum atomic E-state index is -0.0406. The van der Waals surface area contributed by atoms with Crippen LogP contribution in [0.5, 0.6) is 0 Å². The highest BCUT2D eigenvalue weighted by Crippen LogP contribution is 2.27. The molecule has 0 aliphatic carbocycles. The molecule has 0 spiro atoms. The van der Waals surface area contributed by atoms with Crippen molar-refractivity contribution in [3.63, 3.8) is 0 Å². The van der Waals surface area contributed by atoms with Crippen molar-refractivity contribution in [1.29, 1.82) is 0 Å². The Hall–Kier alpha value is -1.55. The summed E-state index contributed by atoms with van der Waals surface area (Å²) >= 11 is 0. The molecule has 1 unspecified atom stereocenters. The molecule has 2 amide bonds. The fourth-order valence-electron chi connectivity index (χ4n) is 2.27. The van der Waals surface area contributed by atoms with E-state index in [1.54, 1.807) is 0 Å². The van der Waals surface area contributed by atoms with E-state index in [-0.39, 0.29) is 17.5 Å². The van der Waals surface area contributed by atoms with Crippen LogP contribution in [-0.4, -0.2) is 30.1 Å². The first kappa shape index (κ1) is 12.9. The number of rotatable bonds is 1. The minimum Gasteiger partial charge on any atom is -0.327 e. The van der Waals surface area contributed by atoms with E-state index in [1.807, 2.05) is 35.2 Å². The van der Waals surface area contributed by atoms with Crippen molar-refractivity contribution in [3.05, 3.63) is 30.3 Å². The van der Waals surface area contributed by atoms with Gasteiger partial charge in [-0.2, -0.15) is 0 Å². The van der Waals surface area contributed by atoms with Gasteiger partial charge in [-0.3, -0.25) is 0 Å². The van der Waals surface area contributed by atoms with Crippen LogP contribution in [0.4, 0.5) is 10.5 Å². The molecule has 1 aliphatic heterocycles. The molecule has 4 nitrogen and oxygen atoms in total. The van der Waals surface area contributed by atoms with Gasteiger partial charge >= 0.3 is 6.03 Å². The predicted molar refractivity (Wildman–Crippen MR) is 73.4 cm³/mol. The van der Waals surface area contributed by atoms with E-state index in [2.05, 4.69) is 19.2 Å². The van der Waals surface area contributed by atoms with Gasteiger partial charge in [0.25, 0.3) is 0 Å². The van der Waals surface area contributed by atoms with Gasteiger partial charge in [-0.25, -0.2) is 4.79 Å². The zero-order valence-corrected chi connectivity index (χ0v) is 11.0. The van der Waals surface area contributed by atoms with Crippen LogP contribution in [0.25, 0.3) is 0 Å². The molecule has 1 aromatic carbocycles. The van der Waals surface area contributed by atoms with Crippen LogP contribution in [-0.2, 0) is 0 Å². The van der Waals surface area contributed by atoms with Gasteiger partial charge in [0.2, 0.25) is 0 Å². The Balaban J connectivity index is 1.98. The molecule has 3 N–H and O–H groups in total. The molecule has 0 bridgehead atoms. The largest absolute Gasteiger partial charge is 0.327 e. The molecule has 0 saturated carbocycles. The number of urea groups is 1. The number of piperidine rings is 1. The lowest BCUT2D eigenvalue weighted by atomic mass is 9.80. The molecule has 0 radical (unpaired) electrons. The molecule has 1 fully saturated rings. The molecule has 1 heterocycles. The number of hydrogen-bond acceptors (Lipinski definition) is 2. The van der Waals surface area contributed by atoms with Crippen molar-refractivity contribution in [1.82, 2.24) is 4.90 Å². The second-order valence-corrected chi connectivity index (χ2v) is 5.60. The van der Waals surface area contributed by atoms with Gasteiger partial charge in [0.1, 0.15) is 0 Å². The van der Waals surface area contributed by atoms with Crippen molar-refractivity contribution < 1.29 is 4.79 Å². The molecule has 1 saturated heterocycles. The molecule has 1 aromatic rings. The fourth-order valence-corrected chi connectivity index (χ4v) is 2.27. The number of amides is 2. The van der Waals surface area contributed by atoms with Gasteiger partial charge < -0.3 is 16.0 Å². The Kier molecular flexibility index (Phi) is 3.57. The molecule has 1 aliphatic rings. The van der Waals surface area contributed by atoms with Gasteiger partial charge in [-0.1, -0.05) is 32.0 Å². The number of nitrogens with zero attached hydrogens (tertiary/aromatic N) is 1. The summed E-state index contributed by atoms with van der Waals surface area (Å²) in [4.78, 5) is 14.0. The summed E-state index contributed by atoms with van der Waals surface area (Å²) in [7, 11) is 0. The lowest BCUT2D eigenvalue weighted by molar-refractivity contribution is 0.118. The van der Waals surface area contributed by atoms with Crippen molar-refractivity contribution in [3.8, 4) is 0 Å². The number of hydrogen-bond donors (Lipinski definition) is 2. The number of nitrogens with two attached hydrogens (primary N) is 1. The summed E-state index contributed by atoms with van der Waals surface area (Å²) in [5, 5.41) is 2.91. The van der Waals surface area contributed by atoms with Crippen LogP contribution in [0.3, 0.4) is 0 Å². The van der Waals surface area contributed by atoms with Crippen LogP contribution in [0.1, 0.15) is 20.3 Å². The number of benzene rings is 1. The Labute approximate surface area is 108 Å². The quantitative estimate of drug-likeness (QED) is 0.800. The molecule has 0 aromatic heterocycles. The van der Waals surface area contributed by atoms with E-state index in [0.29, 0.717) is 6.54 Å². The minimum absolute atomic E-state index is 0.0215. The van der Waals surface area contributed by atoms with Crippen molar-refractivity contribution in [2.75, 3.05) is 18.4 Å². The van der Waals surface area contributed by atoms with E-state index in [4.69, 9.17) is 5.73 Å². The second-order valence-electron chi connectivity index (χ2n) is 5.60. The molecule has 18 heavy (non-hydrogen) atoms. The van der Waals surface area contributed by atoms with Crippen LogP contribution in [0.15, 0.2) is 30.3 Å². The third-order valence-electron chi connectivity index (χ3n) is 3.62. The molecule has 4 heteroatoms. The fraction of sp³-hybridized carbons (Fsp3) is 0.500.